The van der Waals surface area contributed by atoms with Crippen LogP contribution in [0.25, 0.3) is 0 Å². The zero-order valence-electron chi connectivity index (χ0n) is 10.2. The van der Waals surface area contributed by atoms with Gasteiger partial charge in [-0.3, -0.25) is 10.1 Å². The Kier molecular flexibility index (Phi) is 4.32. The Morgan fingerprint density at radius 3 is 2.53 bits per heavy atom. The molecule has 1 fully saturated rings. The van der Waals surface area contributed by atoms with Gasteiger partial charge in [0, 0.05) is 0 Å². The highest BCUT2D eigenvalue weighted by Crippen LogP contribution is 2.39. The van der Waals surface area contributed by atoms with Crippen LogP contribution in [-0.2, 0) is 4.79 Å². The van der Waals surface area contributed by atoms with E-state index in [4.69, 9.17) is 28.9 Å². The Hall–Kier alpha value is -1.26. The lowest BCUT2D eigenvalue weighted by molar-refractivity contribution is -0.121. The van der Waals surface area contributed by atoms with Crippen molar-refractivity contribution in [3.8, 4) is 0 Å². The first-order valence-corrected chi connectivity index (χ1v) is 6.78. The topological polar surface area (TPSA) is 72.2 Å². The number of benzene rings is 1. The lowest BCUT2D eigenvalue weighted by Crippen LogP contribution is -2.38. The van der Waals surface area contributed by atoms with Gasteiger partial charge in [-0.25, -0.2) is 4.79 Å². The maximum absolute atomic E-state index is 12.0. The molecule has 3 N–H and O–H groups in total. The van der Waals surface area contributed by atoms with E-state index in [1.54, 1.807) is 18.2 Å². The number of imide groups is 1. The van der Waals surface area contributed by atoms with E-state index >= 15 is 0 Å². The van der Waals surface area contributed by atoms with Crippen LogP contribution in [0.3, 0.4) is 0 Å². The number of primary amides is 1. The number of hydrogen-bond acceptors (Lipinski definition) is 2. The van der Waals surface area contributed by atoms with E-state index in [1.807, 2.05) is 0 Å². The van der Waals surface area contributed by atoms with Crippen LogP contribution in [0.4, 0.5) is 4.79 Å². The molecule has 1 atom stereocenters. The molecule has 2 rings (SSSR count). The Balaban J connectivity index is 2.22. The summed E-state index contributed by atoms with van der Waals surface area (Å²) in [7, 11) is 0. The highest BCUT2D eigenvalue weighted by atomic mass is 35.5. The molecule has 19 heavy (non-hydrogen) atoms. The molecule has 1 saturated carbocycles. The summed E-state index contributed by atoms with van der Waals surface area (Å²) in [4.78, 5) is 22.8. The predicted molar refractivity (Wildman–Crippen MR) is 74.3 cm³/mol. The van der Waals surface area contributed by atoms with Gasteiger partial charge in [0.2, 0.25) is 5.91 Å². The van der Waals surface area contributed by atoms with Crippen molar-refractivity contribution in [3.05, 3.63) is 33.8 Å². The molecule has 0 aromatic heterocycles. The first-order chi connectivity index (χ1) is 8.97. The van der Waals surface area contributed by atoms with Crippen molar-refractivity contribution in [2.75, 3.05) is 0 Å². The van der Waals surface area contributed by atoms with E-state index in [1.165, 1.54) is 0 Å². The van der Waals surface area contributed by atoms with Gasteiger partial charge < -0.3 is 5.73 Å². The summed E-state index contributed by atoms with van der Waals surface area (Å²) in [6.07, 6.45) is 2.92. The molecule has 1 aliphatic rings. The summed E-state index contributed by atoms with van der Waals surface area (Å²) in [5, 5.41) is 2.96. The number of amides is 3. The van der Waals surface area contributed by atoms with Crippen molar-refractivity contribution in [3.63, 3.8) is 0 Å². The molecule has 0 spiro atoms. The number of urea groups is 1. The molecule has 0 heterocycles. The van der Waals surface area contributed by atoms with Crippen LogP contribution >= 0.6 is 23.2 Å². The third-order valence-electron chi connectivity index (χ3n) is 3.17. The van der Waals surface area contributed by atoms with Crippen molar-refractivity contribution in [2.24, 2.45) is 11.7 Å². The Morgan fingerprint density at radius 1 is 1.32 bits per heavy atom. The van der Waals surface area contributed by atoms with E-state index in [0.717, 1.165) is 18.4 Å². The van der Waals surface area contributed by atoms with Crippen LogP contribution in [-0.4, -0.2) is 11.9 Å². The lowest BCUT2D eigenvalue weighted by Gasteiger charge is -2.16. The maximum Gasteiger partial charge on any atom is 0.318 e. The molecule has 1 aliphatic carbocycles. The summed E-state index contributed by atoms with van der Waals surface area (Å²) in [6, 6.07) is 4.22. The minimum Gasteiger partial charge on any atom is -0.351 e. The van der Waals surface area contributed by atoms with Crippen LogP contribution < -0.4 is 11.1 Å². The summed E-state index contributed by atoms with van der Waals surface area (Å²) < 4.78 is 0. The number of carbonyl (C=O) groups excluding carboxylic acids is 2. The molecule has 3 amide bonds. The van der Waals surface area contributed by atoms with Gasteiger partial charge in [-0.15, -0.1) is 0 Å². The average molecular weight is 301 g/mol. The first-order valence-electron chi connectivity index (χ1n) is 6.02. The molecular formula is C13H14Cl2N2O2. The average Bonchev–Trinajstić information content (AvgIpc) is 3.12. The van der Waals surface area contributed by atoms with Crippen molar-refractivity contribution in [2.45, 2.75) is 25.2 Å². The third-order valence-corrected chi connectivity index (χ3v) is 3.91. The molecule has 0 bridgehead atoms. The quantitative estimate of drug-likeness (QED) is 0.897. The molecule has 102 valence electrons. The van der Waals surface area contributed by atoms with Crippen molar-refractivity contribution in [1.82, 2.24) is 5.32 Å². The van der Waals surface area contributed by atoms with Crippen molar-refractivity contribution >= 4 is 35.1 Å². The van der Waals surface area contributed by atoms with E-state index in [9.17, 15) is 9.59 Å². The van der Waals surface area contributed by atoms with Crippen molar-refractivity contribution in [1.29, 1.82) is 0 Å². The van der Waals surface area contributed by atoms with Crippen LogP contribution in [0.1, 0.15) is 30.7 Å². The second-order valence-electron chi connectivity index (χ2n) is 4.76. The fourth-order valence-corrected chi connectivity index (χ4v) is 2.33. The molecule has 1 unspecified atom stereocenters. The standard InChI is InChI=1S/C13H14Cl2N2O2/c14-10-4-3-8(6-11(10)15)9(5-7-1-2-7)12(18)17-13(16)19/h3-4,6-7,9H,1-2,5H2,(H3,16,17,18,19). The van der Waals surface area contributed by atoms with E-state index < -0.39 is 17.9 Å². The molecule has 0 radical (unpaired) electrons. The normalized spacial score (nSPS) is 15.9. The number of hydrogen-bond donors (Lipinski definition) is 2. The minimum absolute atomic E-state index is 0.391. The van der Waals surface area contributed by atoms with Gasteiger partial charge in [-0.05, 0) is 30.0 Å². The summed E-state index contributed by atoms with van der Waals surface area (Å²) in [6.45, 7) is 0. The number of nitrogens with one attached hydrogen (secondary N) is 1. The number of rotatable bonds is 4. The lowest BCUT2D eigenvalue weighted by atomic mass is 9.92. The van der Waals surface area contributed by atoms with Gasteiger partial charge in [-0.1, -0.05) is 42.1 Å². The second kappa shape index (κ2) is 5.80. The Morgan fingerprint density at radius 2 is 2.00 bits per heavy atom. The second-order valence-corrected chi connectivity index (χ2v) is 5.57. The van der Waals surface area contributed by atoms with E-state index in [-0.39, 0.29) is 0 Å². The smallest absolute Gasteiger partial charge is 0.318 e. The molecule has 1 aromatic carbocycles. The fraction of sp³-hybridized carbons (Fsp3) is 0.385. The van der Waals surface area contributed by atoms with Crippen LogP contribution in [0, 0.1) is 5.92 Å². The zero-order valence-corrected chi connectivity index (χ0v) is 11.7. The summed E-state index contributed by atoms with van der Waals surface area (Å²) in [5.74, 6) is -0.286. The Bertz CT molecular complexity index is 515. The predicted octanol–water partition coefficient (Wildman–Crippen LogP) is 3.07. The molecule has 1 aromatic rings. The molecule has 6 heteroatoms. The van der Waals surface area contributed by atoms with Gasteiger partial charge in [0.15, 0.2) is 0 Å². The minimum atomic E-state index is -0.842. The molecule has 4 nitrogen and oxygen atoms in total. The summed E-state index contributed by atoms with van der Waals surface area (Å²) in [5.41, 5.74) is 5.74. The van der Waals surface area contributed by atoms with Crippen LogP contribution in [0.5, 0.6) is 0 Å². The fourth-order valence-electron chi connectivity index (χ4n) is 2.02. The maximum atomic E-state index is 12.0. The zero-order chi connectivity index (χ0) is 14.0. The van der Waals surface area contributed by atoms with Gasteiger partial charge in [-0.2, -0.15) is 0 Å². The highest BCUT2D eigenvalue weighted by Gasteiger charge is 2.31. The SMILES string of the molecule is NC(=O)NC(=O)C(CC1CC1)c1ccc(Cl)c(Cl)c1. The van der Waals surface area contributed by atoms with E-state index in [2.05, 4.69) is 5.32 Å². The number of halogens is 2. The number of carbonyl (C=O) groups is 2. The van der Waals surface area contributed by atoms with Crippen LogP contribution in [0.2, 0.25) is 10.0 Å². The number of nitrogens with two attached hydrogens (primary N) is 1. The Labute approximate surface area is 121 Å². The summed E-state index contributed by atoms with van der Waals surface area (Å²) >= 11 is 11.8. The van der Waals surface area contributed by atoms with Crippen LogP contribution in [0.15, 0.2) is 18.2 Å². The van der Waals surface area contributed by atoms with Gasteiger partial charge in [0.05, 0.1) is 16.0 Å². The largest absolute Gasteiger partial charge is 0.351 e. The molecule has 0 saturated heterocycles. The van der Waals surface area contributed by atoms with Gasteiger partial charge in [0.1, 0.15) is 0 Å². The third kappa shape index (κ3) is 3.85. The van der Waals surface area contributed by atoms with E-state index in [0.29, 0.717) is 22.4 Å². The first kappa shape index (κ1) is 14.2. The molecule has 0 aliphatic heterocycles. The molecular weight excluding hydrogens is 287 g/mol. The van der Waals surface area contributed by atoms with Gasteiger partial charge >= 0.3 is 6.03 Å². The van der Waals surface area contributed by atoms with Crippen molar-refractivity contribution < 1.29 is 9.59 Å². The monoisotopic (exact) mass is 300 g/mol. The van der Waals surface area contributed by atoms with Gasteiger partial charge in [0.25, 0.3) is 0 Å². The highest BCUT2D eigenvalue weighted by molar-refractivity contribution is 6.42.